The molecule has 70 heavy (non-hydrogen) atoms. The molecule has 0 saturated heterocycles. The summed E-state index contributed by atoms with van der Waals surface area (Å²) in [6, 6.07) is 0. The number of amides is 1. The Morgan fingerprint density at radius 2 is 0.643 bits per heavy atom. The Labute approximate surface area is 435 Å². The molecule has 0 spiro atoms. The SMILES string of the molecule is CCCCCCCCCCCCCCCCCCC[C@@H](COCCCCCCCCCCCCCCCCCC)COC(=O)NCCCCCC(=O)CCCCOCCOCCCCCC(=O)CCC. The maximum absolute atomic E-state index is 12.6. The highest BCUT2D eigenvalue weighted by molar-refractivity contribution is 5.78. The Hall–Kier alpha value is -1.51. The van der Waals surface area contributed by atoms with Gasteiger partial charge in [0.15, 0.2) is 0 Å². The third-order valence-electron chi connectivity index (χ3n) is 14.2. The van der Waals surface area contributed by atoms with Crippen molar-refractivity contribution in [3.05, 3.63) is 0 Å². The van der Waals surface area contributed by atoms with Gasteiger partial charge >= 0.3 is 6.09 Å². The highest BCUT2D eigenvalue weighted by Crippen LogP contribution is 2.18. The van der Waals surface area contributed by atoms with Gasteiger partial charge in [-0.2, -0.15) is 0 Å². The molecule has 1 N–H and O–H groups in total. The van der Waals surface area contributed by atoms with Gasteiger partial charge in [0, 0.05) is 58.0 Å². The van der Waals surface area contributed by atoms with E-state index in [4.69, 9.17) is 18.9 Å². The third-order valence-corrected chi connectivity index (χ3v) is 14.2. The summed E-state index contributed by atoms with van der Waals surface area (Å²) in [6.07, 6.45) is 57.0. The van der Waals surface area contributed by atoms with Crippen LogP contribution in [0.2, 0.25) is 0 Å². The number of hydrogen-bond donors (Lipinski definition) is 1. The fraction of sp³-hybridized carbons (Fsp3) is 0.952. The molecule has 416 valence electrons. The Morgan fingerprint density at radius 3 is 1.07 bits per heavy atom. The number of nitrogens with one attached hydrogen (secondary N) is 1. The first-order valence-corrected chi connectivity index (χ1v) is 31.2. The van der Waals surface area contributed by atoms with Gasteiger partial charge in [-0.15, -0.1) is 0 Å². The van der Waals surface area contributed by atoms with Gasteiger partial charge in [-0.1, -0.05) is 239 Å². The lowest BCUT2D eigenvalue weighted by Crippen LogP contribution is -2.28. The summed E-state index contributed by atoms with van der Waals surface area (Å²) in [6.45, 7) is 11.7. The highest BCUT2D eigenvalue weighted by atomic mass is 16.6. The topological polar surface area (TPSA) is 100 Å². The Bertz CT molecular complexity index is 1060. The van der Waals surface area contributed by atoms with Gasteiger partial charge in [-0.3, -0.25) is 9.59 Å². The third kappa shape index (κ3) is 57.4. The van der Waals surface area contributed by atoms with E-state index in [2.05, 4.69) is 19.2 Å². The predicted molar refractivity (Wildman–Crippen MR) is 299 cm³/mol. The largest absolute Gasteiger partial charge is 0.449 e. The molecule has 1 amide bonds. The van der Waals surface area contributed by atoms with Crippen LogP contribution in [0.1, 0.15) is 323 Å². The molecule has 0 aromatic rings. The second-order valence-electron chi connectivity index (χ2n) is 21.3. The zero-order valence-electron chi connectivity index (χ0n) is 47.3. The summed E-state index contributed by atoms with van der Waals surface area (Å²) >= 11 is 0. The van der Waals surface area contributed by atoms with Gasteiger partial charge < -0.3 is 24.3 Å². The summed E-state index contributed by atoms with van der Waals surface area (Å²) in [5.74, 6) is 0.937. The normalized spacial score (nSPS) is 11.9. The Kier molecular flexibility index (Phi) is 58.8. The van der Waals surface area contributed by atoms with E-state index in [0.717, 1.165) is 83.8 Å². The van der Waals surface area contributed by atoms with E-state index in [1.807, 2.05) is 6.92 Å². The number of alkyl carbamates (subject to hydrolysis) is 1. The molecule has 0 radical (unpaired) electrons. The van der Waals surface area contributed by atoms with Crippen LogP contribution in [0.25, 0.3) is 0 Å². The van der Waals surface area contributed by atoms with E-state index in [-0.39, 0.29) is 12.0 Å². The van der Waals surface area contributed by atoms with Crippen molar-refractivity contribution in [3.63, 3.8) is 0 Å². The quantitative estimate of drug-likeness (QED) is 0.0606. The van der Waals surface area contributed by atoms with E-state index >= 15 is 0 Å². The van der Waals surface area contributed by atoms with Crippen LogP contribution in [0.3, 0.4) is 0 Å². The second kappa shape index (κ2) is 60.0. The minimum absolute atomic E-state index is 0.245. The average molecular weight is 993 g/mol. The van der Waals surface area contributed by atoms with Crippen molar-refractivity contribution in [2.45, 2.75) is 323 Å². The van der Waals surface area contributed by atoms with Crippen LogP contribution >= 0.6 is 0 Å². The molecular formula is C62H121NO7. The van der Waals surface area contributed by atoms with Gasteiger partial charge in [-0.05, 0) is 57.8 Å². The first-order chi connectivity index (χ1) is 34.5. The molecule has 1 atom stereocenters. The first kappa shape index (κ1) is 68.5. The minimum Gasteiger partial charge on any atom is -0.449 e. The molecule has 0 bridgehead atoms. The van der Waals surface area contributed by atoms with Crippen LogP contribution in [0.15, 0.2) is 0 Å². The molecule has 0 aliphatic heterocycles. The molecule has 0 aliphatic carbocycles. The fourth-order valence-corrected chi connectivity index (χ4v) is 9.51. The number of ether oxygens (including phenoxy) is 4. The summed E-state index contributed by atoms with van der Waals surface area (Å²) in [5, 5.41) is 2.94. The summed E-state index contributed by atoms with van der Waals surface area (Å²) in [5.41, 5.74) is 0. The molecule has 0 saturated carbocycles. The van der Waals surface area contributed by atoms with Gasteiger partial charge in [0.05, 0.1) is 26.4 Å². The number of carbonyl (C=O) groups is 3. The van der Waals surface area contributed by atoms with E-state index in [9.17, 15) is 14.4 Å². The van der Waals surface area contributed by atoms with Crippen LogP contribution in [0.4, 0.5) is 4.79 Å². The lowest BCUT2D eigenvalue weighted by Gasteiger charge is -2.18. The van der Waals surface area contributed by atoms with Crippen molar-refractivity contribution in [2.75, 3.05) is 52.8 Å². The molecule has 0 fully saturated rings. The molecular weight excluding hydrogens is 871 g/mol. The summed E-state index contributed by atoms with van der Waals surface area (Å²) < 4.78 is 23.2. The standard InChI is InChI=1S/C62H121NO7/c1-4-7-9-11-13-15-17-19-21-23-24-26-28-30-32-34-38-47-59(57-69-54-43-35-33-31-29-27-25-22-20-18-16-14-12-10-8-5-2)58-70-62(66)63-51-42-36-39-49-61(65)50-41-45-53-68-56-55-67-52-44-37-40-48-60(64)46-6-3/h59H,4-58H2,1-3H3,(H,63,66)/t59-/m0/s1. The lowest BCUT2D eigenvalue weighted by atomic mass is 10.0. The first-order valence-electron chi connectivity index (χ1n) is 31.2. The number of ketones is 2. The highest BCUT2D eigenvalue weighted by Gasteiger charge is 2.13. The van der Waals surface area contributed by atoms with Crippen LogP contribution < -0.4 is 5.32 Å². The van der Waals surface area contributed by atoms with Crippen LogP contribution in [-0.2, 0) is 28.5 Å². The van der Waals surface area contributed by atoms with E-state index in [1.54, 1.807) is 0 Å². The number of Topliss-reactive ketones (excluding diaryl/α,β-unsaturated/α-hetero) is 2. The number of hydrogen-bond acceptors (Lipinski definition) is 7. The van der Waals surface area contributed by atoms with Gasteiger partial charge in [0.25, 0.3) is 0 Å². The monoisotopic (exact) mass is 992 g/mol. The minimum atomic E-state index is -0.332. The second-order valence-corrected chi connectivity index (χ2v) is 21.3. The van der Waals surface area contributed by atoms with Crippen LogP contribution in [0.5, 0.6) is 0 Å². The number of rotatable bonds is 61. The van der Waals surface area contributed by atoms with Crippen molar-refractivity contribution in [1.82, 2.24) is 5.32 Å². The average Bonchev–Trinajstić information content (AvgIpc) is 3.35. The molecule has 0 heterocycles. The molecule has 8 nitrogen and oxygen atoms in total. The predicted octanol–water partition coefficient (Wildman–Crippen LogP) is 18.9. The Morgan fingerprint density at radius 1 is 0.314 bits per heavy atom. The smallest absolute Gasteiger partial charge is 0.407 e. The van der Waals surface area contributed by atoms with E-state index in [0.29, 0.717) is 76.8 Å². The maximum Gasteiger partial charge on any atom is 0.407 e. The number of carbonyl (C=O) groups excluding carboxylic acids is 3. The summed E-state index contributed by atoms with van der Waals surface area (Å²) in [4.78, 5) is 36.6. The molecule has 0 aliphatic rings. The molecule has 0 aromatic carbocycles. The van der Waals surface area contributed by atoms with Crippen molar-refractivity contribution in [3.8, 4) is 0 Å². The molecule has 8 heteroatoms. The summed E-state index contributed by atoms with van der Waals surface area (Å²) in [7, 11) is 0. The molecule has 0 aromatic heterocycles. The van der Waals surface area contributed by atoms with E-state index in [1.165, 1.54) is 205 Å². The van der Waals surface area contributed by atoms with Gasteiger partial charge in [-0.25, -0.2) is 4.79 Å². The van der Waals surface area contributed by atoms with Crippen molar-refractivity contribution < 1.29 is 33.3 Å². The van der Waals surface area contributed by atoms with Crippen LogP contribution in [0, 0.1) is 5.92 Å². The number of unbranched alkanes of at least 4 members (excludes halogenated alkanes) is 36. The fourth-order valence-electron chi connectivity index (χ4n) is 9.51. The zero-order chi connectivity index (χ0) is 50.7. The van der Waals surface area contributed by atoms with E-state index < -0.39 is 0 Å². The van der Waals surface area contributed by atoms with Crippen LogP contribution in [-0.4, -0.2) is 70.5 Å². The van der Waals surface area contributed by atoms with Crippen molar-refractivity contribution >= 4 is 17.7 Å². The lowest BCUT2D eigenvalue weighted by molar-refractivity contribution is -0.120. The van der Waals surface area contributed by atoms with Gasteiger partial charge in [0.1, 0.15) is 11.6 Å². The maximum atomic E-state index is 12.6. The Balaban J connectivity index is 4.12. The van der Waals surface area contributed by atoms with Gasteiger partial charge in [0.2, 0.25) is 0 Å². The molecule has 0 unspecified atom stereocenters. The zero-order valence-corrected chi connectivity index (χ0v) is 47.3. The molecule has 0 rings (SSSR count). The van der Waals surface area contributed by atoms with Crippen molar-refractivity contribution in [2.24, 2.45) is 5.92 Å². The van der Waals surface area contributed by atoms with Crippen molar-refractivity contribution in [1.29, 1.82) is 0 Å².